The fraction of sp³-hybridized carbons (Fsp3) is 0.455. The van der Waals surface area contributed by atoms with E-state index in [4.69, 9.17) is 0 Å². The quantitative estimate of drug-likeness (QED) is 0.433. The molecule has 0 bridgehead atoms. The Morgan fingerprint density at radius 1 is 1.63 bits per heavy atom. The lowest BCUT2D eigenvalue weighted by Crippen LogP contribution is -2.27. The SMILES string of the molecule is CCOC(=O)Cn1cc(F)c(/N=C/N(C)C)nc1=O. The van der Waals surface area contributed by atoms with E-state index in [9.17, 15) is 14.0 Å². The number of hydrogen-bond donors (Lipinski definition) is 0. The van der Waals surface area contributed by atoms with Crippen LogP contribution in [0.25, 0.3) is 0 Å². The van der Waals surface area contributed by atoms with E-state index in [0.717, 1.165) is 10.8 Å². The van der Waals surface area contributed by atoms with E-state index < -0.39 is 17.5 Å². The van der Waals surface area contributed by atoms with Crippen molar-refractivity contribution in [1.82, 2.24) is 14.5 Å². The van der Waals surface area contributed by atoms with Crippen molar-refractivity contribution in [1.29, 1.82) is 0 Å². The van der Waals surface area contributed by atoms with Crippen LogP contribution >= 0.6 is 0 Å². The van der Waals surface area contributed by atoms with Crippen molar-refractivity contribution in [3.05, 3.63) is 22.5 Å². The number of ether oxygens (including phenoxy) is 1. The highest BCUT2D eigenvalue weighted by molar-refractivity contribution is 5.69. The molecule has 0 aliphatic carbocycles. The maximum Gasteiger partial charge on any atom is 0.350 e. The summed E-state index contributed by atoms with van der Waals surface area (Å²) in [5.74, 6) is -1.74. The first-order valence-electron chi connectivity index (χ1n) is 5.57. The maximum atomic E-state index is 13.6. The number of aromatic nitrogens is 2. The summed E-state index contributed by atoms with van der Waals surface area (Å²) in [5, 5.41) is 0. The zero-order chi connectivity index (χ0) is 14.4. The Balaban J connectivity index is 2.97. The zero-order valence-corrected chi connectivity index (χ0v) is 11.0. The lowest BCUT2D eigenvalue weighted by Gasteiger charge is -2.06. The molecule has 0 saturated heterocycles. The van der Waals surface area contributed by atoms with Crippen LogP contribution in [0, 0.1) is 5.82 Å². The van der Waals surface area contributed by atoms with Crippen LogP contribution in [-0.4, -0.2) is 47.5 Å². The van der Waals surface area contributed by atoms with Gasteiger partial charge in [0.05, 0.1) is 12.9 Å². The normalized spacial score (nSPS) is 10.7. The first-order chi connectivity index (χ1) is 8.93. The highest BCUT2D eigenvalue weighted by Crippen LogP contribution is 2.10. The van der Waals surface area contributed by atoms with E-state index in [2.05, 4.69) is 14.7 Å². The first-order valence-corrected chi connectivity index (χ1v) is 5.57. The number of esters is 1. The topological polar surface area (TPSA) is 76.8 Å². The second-order valence-corrected chi connectivity index (χ2v) is 3.84. The molecule has 1 aromatic heterocycles. The van der Waals surface area contributed by atoms with E-state index >= 15 is 0 Å². The van der Waals surface area contributed by atoms with Crippen molar-refractivity contribution >= 4 is 18.1 Å². The van der Waals surface area contributed by atoms with Gasteiger partial charge in [-0.25, -0.2) is 14.2 Å². The van der Waals surface area contributed by atoms with Crippen molar-refractivity contribution in [3.8, 4) is 0 Å². The number of carbonyl (C=O) groups excluding carboxylic acids is 1. The van der Waals surface area contributed by atoms with Gasteiger partial charge in [-0.05, 0) is 6.92 Å². The third kappa shape index (κ3) is 4.49. The molecule has 7 nitrogen and oxygen atoms in total. The molecule has 0 aliphatic rings. The molecule has 0 saturated carbocycles. The number of hydrogen-bond acceptors (Lipinski definition) is 5. The van der Waals surface area contributed by atoms with Crippen molar-refractivity contribution in [2.45, 2.75) is 13.5 Å². The van der Waals surface area contributed by atoms with Crippen LogP contribution in [0.2, 0.25) is 0 Å². The summed E-state index contributed by atoms with van der Waals surface area (Å²) >= 11 is 0. The Hall–Kier alpha value is -2.25. The molecule has 0 radical (unpaired) electrons. The van der Waals surface area contributed by atoms with Crippen molar-refractivity contribution in [2.75, 3.05) is 20.7 Å². The molecule has 1 heterocycles. The Bertz CT molecular complexity index is 539. The third-order valence-corrected chi connectivity index (χ3v) is 1.95. The highest BCUT2D eigenvalue weighted by Gasteiger charge is 2.10. The molecular formula is C11H15FN4O3. The number of rotatable bonds is 5. The summed E-state index contributed by atoms with van der Waals surface area (Å²) in [6.07, 6.45) is 2.20. The number of halogens is 1. The highest BCUT2D eigenvalue weighted by atomic mass is 19.1. The minimum atomic E-state index is -0.790. The van der Waals surface area contributed by atoms with E-state index in [-0.39, 0.29) is 19.0 Å². The summed E-state index contributed by atoms with van der Waals surface area (Å²) in [6.45, 7) is 1.45. The van der Waals surface area contributed by atoms with Gasteiger partial charge in [0.1, 0.15) is 6.54 Å². The monoisotopic (exact) mass is 270 g/mol. The van der Waals surface area contributed by atoms with Crippen LogP contribution in [0.5, 0.6) is 0 Å². The summed E-state index contributed by atoms with van der Waals surface area (Å²) in [7, 11) is 3.40. The van der Waals surface area contributed by atoms with Gasteiger partial charge in [-0.1, -0.05) is 0 Å². The first kappa shape index (κ1) is 14.8. The third-order valence-electron chi connectivity index (χ3n) is 1.95. The van der Waals surface area contributed by atoms with Crippen LogP contribution in [0.15, 0.2) is 16.0 Å². The van der Waals surface area contributed by atoms with Crippen LogP contribution in [-0.2, 0) is 16.1 Å². The molecular weight excluding hydrogens is 255 g/mol. The van der Waals surface area contributed by atoms with E-state index in [1.807, 2.05) is 0 Å². The molecule has 0 aromatic carbocycles. The number of aliphatic imine (C=N–C) groups is 1. The van der Waals surface area contributed by atoms with E-state index in [1.165, 1.54) is 6.34 Å². The molecule has 0 unspecified atom stereocenters. The summed E-state index contributed by atoms with van der Waals surface area (Å²) in [6, 6.07) is 0. The lowest BCUT2D eigenvalue weighted by atomic mass is 10.5. The van der Waals surface area contributed by atoms with Gasteiger partial charge in [0.25, 0.3) is 0 Å². The van der Waals surface area contributed by atoms with Gasteiger partial charge in [-0.3, -0.25) is 9.36 Å². The molecule has 0 N–H and O–H groups in total. The second kappa shape index (κ2) is 6.62. The Morgan fingerprint density at radius 3 is 2.89 bits per heavy atom. The van der Waals surface area contributed by atoms with Crippen molar-refractivity contribution < 1.29 is 13.9 Å². The van der Waals surface area contributed by atoms with Gasteiger partial charge in [0.15, 0.2) is 11.6 Å². The van der Waals surface area contributed by atoms with Gasteiger partial charge < -0.3 is 9.64 Å². The zero-order valence-electron chi connectivity index (χ0n) is 11.0. The predicted octanol–water partition coefficient (Wildman–Crippen LogP) is 0.167. The summed E-state index contributed by atoms with van der Waals surface area (Å²) < 4.78 is 19.1. The fourth-order valence-corrected chi connectivity index (χ4v) is 1.18. The van der Waals surface area contributed by atoms with E-state index in [0.29, 0.717) is 0 Å². The molecule has 8 heteroatoms. The van der Waals surface area contributed by atoms with Crippen LogP contribution in [0.3, 0.4) is 0 Å². The lowest BCUT2D eigenvalue weighted by molar-refractivity contribution is -0.143. The molecule has 0 atom stereocenters. The minimum absolute atomic E-state index is 0.189. The molecule has 0 amide bonds. The number of nitrogens with zero attached hydrogens (tertiary/aromatic N) is 4. The molecule has 19 heavy (non-hydrogen) atoms. The summed E-state index contributed by atoms with van der Waals surface area (Å²) in [5.41, 5.74) is -0.764. The minimum Gasteiger partial charge on any atom is -0.465 e. The average Bonchev–Trinajstić information content (AvgIpc) is 2.31. The largest absolute Gasteiger partial charge is 0.465 e. The van der Waals surface area contributed by atoms with Gasteiger partial charge in [0.2, 0.25) is 0 Å². The smallest absolute Gasteiger partial charge is 0.350 e. The molecule has 104 valence electrons. The average molecular weight is 270 g/mol. The predicted molar refractivity (Wildman–Crippen MR) is 66.9 cm³/mol. The van der Waals surface area contributed by atoms with Gasteiger partial charge in [-0.2, -0.15) is 4.98 Å². The number of carbonyl (C=O) groups is 1. The molecule has 1 aromatic rings. The van der Waals surface area contributed by atoms with Crippen LogP contribution in [0.1, 0.15) is 6.92 Å². The second-order valence-electron chi connectivity index (χ2n) is 3.84. The molecule has 0 aliphatic heterocycles. The summed E-state index contributed by atoms with van der Waals surface area (Å²) in [4.78, 5) is 31.5. The molecule has 0 spiro atoms. The standard InChI is InChI=1S/C11H15FN4O3/c1-4-19-9(17)6-16-5-8(12)10(14-11(16)18)13-7-15(2)3/h5,7H,4,6H2,1-3H3/b13-7+. The Kier molecular flexibility index (Phi) is 5.16. The van der Waals surface area contributed by atoms with Crippen LogP contribution in [0.4, 0.5) is 10.2 Å². The van der Waals surface area contributed by atoms with Crippen molar-refractivity contribution in [2.24, 2.45) is 4.99 Å². The Morgan fingerprint density at radius 2 is 2.32 bits per heavy atom. The van der Waals surface area contributed by atoms with E-state index in [1.54, 1.807) is 25.9 Å². The van der Waals surface area contributed by atoms with Gasteiger partial charge >= 0.3 is 11.7 Å². The molecule has 0 fully saturated rings. The Labute approximate surface area is 109 Å². The van der Waals surface area contributed by atoms with Crippen molar-refractivity contribution in [3.63, 3.8) is 0 Å². The van der Waals surface area contributed by atoms with Crippen LogP contribution < -0.4 is 5.69 Å². The van der Waals surface area contributed by atoms with Gasteiger partial charge in [-0.15, -0.1) is 0 Å². The molecule has 1 rings (SSSR count). The maximum absolute atomic E-state index is 13.6. The van der Waals surface area contributed by atoms with Gasteiger partial charge in [0, 0.05) is 20.3 Å². The fourth-order valence-electron chi connectivity index (χ4n) is 1.18.